The normalized spacial score (nSPS) is 30.2. The molecule has 2 unspecified atom stereocenters. The summed E-state index contributed by atoms with van der Waals surface area (Å²) in [7, 11) is 1.74. The van der Waals surface area contributed by atoms with Gasteiger partial charge < -0.3 is 9.47 Å². The van der Waals surface area contributed by atoms with Crippen molar-refractivity contribution < 1.29 is 9.47 Å². The van der Waals surface area contributed by atoms with E-state index in [9.17, 15) is 0 Å². The lowest BCUT2D eigenvalue weighted by atomic mass is 9.76. The second-order valence-electron chi connectivity index (χ2n) is 8.26. The summed E-state index contributed by atoms with van der Waals surface area (Å²) in [6.07, 6.45) is 14.0. The van der Waals surface area contributed by atoms with Crippen LogP contribution in [0, 0.1) is 11.8 Å². The summed E-state index contributed by atoms with van der Waals surface area (Å²) in [6, 6.07) is 8.72. The van der Waals surface area contributed by atoms with Gasteiger partial charge in [-0.05, 0) is 93.2 Å². The van der Waals surface area contributed by atoms with Gasteiger partial charge in [-0.3, -0.25) is 0 Å². The van der Waals surface area contributed by atoms with E-state index in [-0.39, 0.29) is 0 Å². The van der Waals surface area contributed by atoms with Gasteiger partial charge in [0.2, 0.25) is 0 Å². The van der Waals surface area contributed by atoms with Crippen LogP contribution in [0.4, 0.5) is 0 Å². The highest BCUT2D eigenvalue weighted by Gasteiger charge is 2.25. The predicted octanol–water partition coefficient (Wildman–Crippen LogP) is 6.34. The minimum Gasteiger partial charge on any atom is -0.497 e. The largest absolute Gasteiger partial charge is 0.497 e. The minimum absolute atomic E-state index is 0.549. The Kier molecular flexibility index (Phi) is 7.22. The van der Waals surface area contributed by atoms with E-state index in [1.807, 2.05) is 0 Å². The molecule has 0 bridgehead atoms. The molecule has 2 fully saturated rings. The van der Waals surface area contributed by atoms with E-state index in [0.29, 0.717) is 6.10 Å². The molecule has 0 spiro atoms. The number of rotatable bonds is 7. The Morgan fingerprint density at radius 1 is 0.880 bits per heavy atom. The maximum absolute atomic E-state index is 6.13. The Morgan fingerprint density at radius 3 is 2.20 bits per heavy atom. The summed E-state index contributed by atoms with van der Waals surface area (Å²) in [5.41, 5.74) is 1.50. The minimum atomic E-state index is 0.549. The molecule has 2 heteroatoms. The number of ether oxygens (including phenoxy) is 2. The Bertz CT molecular complexity index is 479. The zero-order valence-electron chi connectivity index (χ0n) is 16.2. The second-order valence-corrected chi connectivity index (χ2v) is 8.26. The van der Waals surface area contributed by atoms with Gasteiger partial charge in [0.05, 0.1) is 13.2 Å². The van der Waals surface area contributed by atoms with Crippen molar-refractivity contribution in [3.05, 3.63) is 29.8 Å². The van der Waals surface area contributed by atoms with Gasteiger partial charge in [0, 0.05) is 6.61 Å². The molecule has 1 saturated heterocycles. The molecule has 1 heterocycles. The number of methoxy groups -OCH3 is 1. The highest BCUT2D eigenvalue weighted by molar-refractivity contribution is 5.29. The van der Waals surface area contributed by atoms with Crippen LogP contribution in [0.5, 0.6) is 5.75 Å². The fourth-order valence-corrected chi connectivity index (χ4v) is 4.81. The van der Waals surface area contributed by atoms with E-state index in [2.05, 4.69) is 31.2 Å². The molecule has 2 aliphatic rings. The third-order valence-electron chi connectivity index (χ3n) is 6.49. The van der Waals surface area contributed by atoms with Gasteiger partial charge in [-0.1, -0.05) is 25.5 Å². The van der Waals surface area contributed by atoms with Gasteiger partial charge in [0.15, 0.2) is 0 Å². The summed E-state index contributed by atoms with van der Waals surface area (Å²) in [6.45, 7) is 3.30. The van der Waals surface area contributed by atoms with E-state index in [4.69, 9.17) is 9.47 Å². The van der Waals surface area contributed by atoms with Crippen LogP contribution in [0.15, 0.2) is 24.3 Å². The standard InChI is InChI=1S/C23H36O2/c1-3-4-19-8-14-23(25-17-19)13-7-18-5-9-20(10-6-18)21-11-15-22(24-2)16-12-21/h11-12,15-16,18-20,23H,3-10,13-14,17H2,1-2H3. The van der Waals surface area contributed by atoms with Gasteiger partial charge in [-0.25, -0.2) is 0 Å². The summed E-state index contributed by atoms with van der Waals surface area (Å²) < 4.78 is 11.4. The smallest absolute Gasteiger partial charge is 0.118 e. The first-order valence-corrected chi connectivity index (χ1v) is 10.5. The van der Waals surface area contributed by atoms with Gasteiger partial charge in [0.1, 0.15) is 5.75 Å². The van der Waals surface area contributed by atoms with Crippen molar-refractivity contribution in [1.29, 1.82) is 0 Å². The van der Waals surface area contributed by atoms with Crippen LogP contribution in [0.2, 0.25) is 0 Å². The van der Waals surface area contributed by atoms with Crippen LogP contribution in [-0.2, 0) is 4.74 Å². The second kappa shape index (κ2) is 9.62. The SMILES string of the molecule is CCCC1CCC(CCC2CCC(c3ccc(OC)cc3)CC2)OC1. The third kappa shape index (κ3) is 5.48. The van der Waals surface area contributed by atoms with Crippen molar-refractivity contribution in [1.82, 2.24) is 0 Å². The van der Waals surface area contributed by atoms with Crippen LogP contribution in [-0.4, -0.2) is 19.8 Å². The van der Waals surface area contributed by atoms with E-state index in [0.717, 1.165) is 30.1 Å². The lowest BCUT2D eigenvalue weighted by Crippen LogP contribution is -2.26. The van der Waals surface area contributed by atoms with Gasteiger partial charge in [-0.15, -0.1) is 0 Å². The molecule has 0 amide bonds. The molecule has 0 N–H and O–H groups in total. The monoisotopic (exact) mass is 344 g/mol. The Labute approximate surface area is 154 Å². The van der Waals surface area contributed by atoms with E-state index in [1.54, 1.807) is 7.11 Å². The highest BCUT2D eigenvalue weighted by atomic mass is 16.5. The van der Waals surface area contributed by atoms with Crippen LogP contribution in [0.1, 0.15) is 82.6 Å². The Morgan fingerprint density at radius 2 is 1.60 bits per heavy atom. The first-order valence-electron chi connectivity index (χ1n) is 10.5. The summed E-state index contributed by atoms with van der Waals surface area (Å²) in [4.78, 5) is 0. The molecule has 25 heavy (non-hydrogen) atoms. The predicted molar refractivity (Wildman–Crippen MR) is 104 cm³/mol. The fourth-order valence-electron chi connectivity index (χ4n) is 4.81. The zero-order chi connectivity index (χ0) is 17.5. The molecular weight excluding hydrogens is 308 g/mol. The van der Waals surface area contributed by atoms with Crippen molar-refractivity contribution in [2.75, 3.05) is 13.7 Å². The summed E-state index contributed by atoms with van der Waals surface area (Å²) in [5.74, 6) is 3.47. The summed E-state index contributed by atoms with van der Waals surface area (Å²) in [5, 5.41) is 0. The number of hydrogen-bond donors (Lipinski definition) is 0. The number of hydrogen-bond acceptors (Lipinski definition) is 2. The molecule has 2 atom stereocenters. The van der Waals surface area contributed by atoms with Crippen molar-refractivity contribution in [3.8, 4) is 5.75 Å². The molecule has 0 radical (unpaired) electrons. The van der Waals surface area contributed by atoms with E-state index < -0.39 is 0 Å². The van der Waals surface area contributed by atoms with Crippen molar-refractivity contribution in [2.24, 2.45) is 11.8 Å². The van der Waals surface area contributed by atoms with Crippen LogP contribution < -0.4 is 4.74 Å². The fraction of sp³-hybridized carbons (Fsp3) is 0.739. The van der Waals surface area contributed by atoms with E-state index >= 15 is 0 Å². The maximum Gasteiger partial charge on any atom is 0.118 e. The van der Waals surface area contributed by atoms with Crippen molar-refractivity contribution in [2.45, 2.75) is 83.2 Å². The molecule has 2 nitrogen and oxygen atoms in total. The van der Waals surface area contributed by atoms with Crippen molar-refractivity contribution >= 4 is 0 Å². The quantitative estimate of drug-likeness (QED) is 0.574. The summed E-state index contributed by atoms with van der Waals surface area (Å²) >= 11 is 0. The molecule has 1 saturated carbocycles. The molecule has 0 aromatic heterocycles. The zero-order valence-corrected chi connectivity index (χ0v) is 16.2. The van der Waals surface area contributed by atoms with Crippen LogP contribution in [0.25, 0.3) is 0 Å². The Balaban J connectivity index is 1.35. The number of benzene rings is 1. The van der Waals surface area contributed by atoms with E-state index in [1.165, 1.54) is 69.8 Å². The third-order valence-corrected chi connectivity index (χ3v) is 6.49. The Hall–Kier alpha value is -1.02. The molecule has 1 aromatic carbocycles. The lowest BCUT2D eigenvalue weighted by molar-refractivity contribution is -0.0252. The maximum atomic E-state index is 6.13. The molecular formula is C23H36O2. The van der Waals surface area contributed by atoms with Crippen LogP contribution >= 0.6 is 0 Å². The molecule has 3 rings (SSSR count). The molecule has 1 aliphatic heterocycles. The lowest BCUT2D eigenvalue weighted by Gasteiger charge is -2.32. The van der Waals surface area contributed by atoms with Gasteiger partial charge in [0.25, 0.3) is 0 Å². The molecule has 140 valence electrons. The van der Waals surface area contributed by atoms with Gasteiger partial charge >= 0.3 is 0 Å². The first-order chi connectivity index (χ1) is 12.3. The average molecular weight is 345 g/mol. The first kappa shape index (κ1) is 18.8. The molecule has 1 aromatic rings. The van der Waals surface area contributed by atoms with Gasteiger partial charge in [-0.2, -0.15) is 0 Å². The topological polar surface area (TPSA) is 18.5 Å². The highest BCUT2D eigenvalue weighted by Crippen LogP contribution is 2.38. The average Bonchev–Trinajstić information content (AvgIpc) is 2.68. The van der Waals surface area contributed by atoms with Crippen LogP contribution in [0.3, 0.4) is 0 Å². The molecule has 1 aliphatic carbocycles. The van der Waals surface area contributed by atoms with Crippen molar-refractivity contribution in [3.63, 3.8) is 0 Å².